The van der Waals surface area contributed by atoms with Crippen LogP contribution in [0, 0.1) is 5.92 Å². The molecule has 3 atom stereocenters. The van der Waals surface area contributed by atoms with E-state index in [1.54, 1.807) is 0 Å². The van der Waals surface area contributed by atoms with Crippen molar-refractivity contribution in [1.82, 2.24) is 5.32 Å². The molecule has 13 heavy (non-hydrogen) atoms. The maximum atomic E-state index is 11.0. The summed E-state index contributed by atoms with van der Waals surface area (Å²) in [5.74, 6) is -0.193. The number of hydrogen-bond acceptors (Lipinski definition) is 3. The van der Waals surface area contributed by atoms with E-state index in [0.29, 0.717) is 6.54 Å². The Morgan fingerprint density at radius 1 is 1.62 bits per heavy atom. The highest BCUT2D eigenvalue weighted by Crippen LogP contribution is 2.24. The van der Waals surface area contributed by atoms with Gasteiger partial charge in [0, 0.05) is 12.5 Å². The number of carbonyl (C=O) groups is 1. The Morgan fingerprint density at radius 2 is 2.31 bits per heavy atom. The zero-order valence-electron chi connectivity index (χ0n) is 7.86. The quantitative estimate of drug-likeness (QED) is 0.565. The molecule has 1 saturated carbocycles. The monoisotopic (exact) mass is 187 g/mol. The summed E-state index contributed by atoms with van der Waals surface area (Å²) < 4.78 is 0. The molecule has 2 unspecified atom stereocenters. The summed E-state index contributed by atoms with van der Waals surface area (Å²) in [6.45, 7) is 1.91. The van der Waals surface area contributed by atoms with Gasteiger partial charge in [-0.3, -0.25) is 4.79 Å². The highest BCUT2D eigenvalue weighted by Gasteiger charge is 2.25. The number of aliphatic hydroxyl groups excluding tert-OH is 2. The molecule has 4 nitrogen and oxygen atoms in total. The van der Waals surface area contributed by atoms with Crippen molar-refractivity contribution < 1.29 is 15.0 Å². The largest absolute Gasteiger partial charge is 0.393 e. The molecule has 1 fully saturated rings. The zero-order valence-corrected chi connectivity index (χ0v) is 7.86. The van der Waals surface area contributed by atoms with Gasteiger partial charge in [0.15, 0.2) is 0 Å². The number of nitrogens with one attached hydrogen (secondary N) is 1. The third-order valence-corrected chi connectivity index (χ3v) is 2.54. The minimum atomic E-state index is -0.960. The number of aliphatic hydroxyl groups is 2. The van der Waals surface area contributed by atoms with Crippen molar-refractivity contribution in [3.8, 4) is 0 Å². The number of carbonyl (C=O) groups excluding carboxylic acids is 1. The van der Waals surface area contributed by atoms with Crippen LogP contribution < -0.4 is 5.32 Å². The Labute approximate surface area is 78.0 Å². The van der Waals surface area contributed by atoms with E-state index in [4.69, 9.17) is 5.11 Å². The molecule has 0 aromatic rings. The lowest BCUT2D eigenvalue weighted by molar-refractivity contribution is -0.128. The Kier molecular flexibility index (Phi) is 3.69. The number of rotatable bonds is 3. The summed E-state index contributed by atoms with van der Waals surface area (Å²) in [7, 11) is 0. The molecular weight excluding hydrogens is 170 g/mol. The average molecular weight is 187 g/mol. The van der Waals surface area contributed by atoms with E-state index in [1.807, 2.05) is 0 Å². The van der Waals surface area contributed by atoms with Crippen LogP contribution in [0.25, 0.3) is 0 Å². The molecule has 0 aliphatic heterocycles. The first-order valence-corrected chi connectivity index (χ1v) is 4.75. The molecular formula is C9H17NO3. The molecule has 3 N–H and O–H groups in total. The number of amides is 1. The Bertz CT molecular complexity index is 182. The van der Waals surface area contributed by atoms with Crippen molar-refractivity contribution >= 4 is 5.91 Å². The predicted octanol–water partition coefficient (Wildman–Crippen LogP) is -0.356. The van der Waals surface area contributed by atoms with Gasteiger partial charge < -0.3 is 15.5 Å². The maximum Gasteiger partial charge on any atom is 0.248 e. The van der Waals surface area contributed by atoms with E-state index in [0.717, 1.165) is 19.3 Å². The highest BCUT2D eigenvalue weighted by atomic mass is 16.3. The van der Waals surface area contributed by atoms with E-state index in [1.165, 1.54) is 6.92 Å². The minimum Gasteiger partial charge on any atom is -0.393 e. The van der Waals surface area contributed by atoms with Crippen molar-refractivity contribution in [2.24, 2.45) is 5.92 Å². The molecule has 0 aromatic heterocycles. The standard InChI is InChI=1S/C9H17NO3/c1-6(11)9(13)10-5-7-3-2-4-8(7)12/h6-8,11-12H,2-5H2,1H3,(H,10,13)/t6-,7?,8?/m1/s1. The fourth-order valence-corrected chi connectivity index (χ4v) is 1.63. The molecule has 1 aliphatic carbocycles. The van der Waals surface area contributed by atoms with Gasteiger partial charge in [0.05, 0.1) is 6.10 Å². The average Bonchev–Trinajstić information content (AvgIpc) is 2.47. The van der Waals surface area contributed by atoms with Gasteiger partial charge in [-0.15, -0.1) is 0 Å². The molecule has 0 heterocycles. The van der Waals surface area contributed by atoms with E-state index >= 15 is 0 Å². The summed E-state index contributed by atoms with van der Waals surface area (Å²) in [5.41, 5.74) is 0. The summed E-state index contributed by atoms with van der Waals surface area (Å²) in [6.07, 6.45) is 1.57. The van der Waals surface area contributed by atoms with Crippen molar-refractivity contribution in [3.05, 3.63) is 0 Å². The van der Waals surface area contributed by atoms with Crippen molar-refractivity contribution in [2.75, 3.05) is 6.54 Å². The fourth-order valence-electron chi connectivity index (χ4n) is 1.63. The van der Waals surface area contributed by atoms with E-state index in [9.17, 15) is 9.90 Å². The first-order valence-electron chi connectivity index (χ1n) is 4.75. The van der Waals surface area contributed by atoms with Gasteiger partial charge >= 0.3 is 0 Å². The van der Waals surface area contributed by atoms with E-state index in [-0.39, 0.29) is 17.9 Å². The van der Waals surface area contributed by atoms with Crippen molar-refractivity contribution in [1.29, 1.82) is 0 Å². The van der Waals surface area contributed by atoms with Crippen LogP contribution in [-0.2, 0) is 4.79 Å². The van der Waals surface area contributed by atoms with Crippen LogP contribution in [0.4, 0.5) is 0 Å². The van der Waals surface area contributed by atoms with Crippen LogP contribution in [0.2, 0.25) is 0 Å². The Morgan fingerprint density at radius 3 is 2.77 bits per heavy atom. The topological polar surface area (TPSA) is 69.6 Å². The van der Waals surface area contributed by atoms with Crippen LogP contribution in [-0.4, -0.2) is 34.9 Å². The summed E-state index contributed by atoms with van der Waals surface area (Å²) in [5, 5.41) is 20.9. The second-order valence-corrected chi connectivity index (χ2v) is 3.68. The molecule has 0 bridgehead atoms. The zero-order chi connectivity index (χ0) is 9.84. The number of hydrogen-bond donors (Lipinski definition) is 3. The first kappa shape index (κ1) is 10.5. The van der Waals surface area contributed by atoms with Crippen LogP contribution >= 0.6 is 0 Å². The van der Waals surface area contributed by atoms with Gasteiger partial charge in [-0.2, -0.15) is 0 Å². The highest BCUT2D eigenvalue weighted by molar-refractivity contribution is 5.79. The predicted molar refractivity (Wildman–Crippen MR) is 48.0 cm³/mol. The van der Waals surface area contributed by atoms with Gasteiger partial charge in [-0.1, -0.05) is 6.42 Å². The summed E-state index contributed by atoms with van der Waals surface area (Å²) >= 11 is 0. The fraction of sp³-hybridized carbons (Fsp3) is 0.889. The van der Waals surface area contributed by atoms with Crippen LogP contribution in [0.3, 0.4) is 0 Å². The van der Waals surface area contributed by atoms with E-state index < -0.39 is 6.10 Å². The summed E-state index contributed by atoms with van der Waals surface area (Å²) in [6, 6.07) is 0. The molecule has 0 aromatic carbocycles. The maximum absolute atomic E-state index is 11.0. The minimum absolute atomic E-state index is 0.169. The molecule has 1 rings (SSSR count). The van der Waals surface area contributed by atoms with Crippen LogP contribution in [0.5, 0.6) is 0 Å². The summed E-state index contributed by atoms with van der Waals surface area (Å²) in [4.78, 5) is 11.0. The third kappa shape index (κ3) is 2.97. The van der Waals surface area contributed by atoms with Gasteiger partial charge in [0.25, 0.3) is 0 Å². The van der Waals surface area contributed by atoms with E-state index in [2.05, 4.69) is 5.32 Å². The molecule has 1 amide bonds. The third-order valence-electron chi connectivity index (χ3n) is 2.54. The van der Waals surface area contributed by atoms with Crippen LogP contribution in [0.1, 0.15) is 26.2 Å². The smallest absolute Gasteiger partial charge is 0.248 e. The van der Waals surface area contributed by atoms with Crippen molar-refractivity contribution in [2.45, 2.75) is 38.4 Å². The molecule has 4 heteroatoms. The normalized spacial score (nSPS) is 30.1. The van der Waals surface area contributed by atoms with Crippen molar-refractivity contribution in [3.63, 3.8) is 0 Å². The lowest BCUT2D eigenvalue weighted by Crippen LogP contribution is -2.37. The molecule has 0 saturated heterocycles. The van der Waals surface area contributed by atoms with Gasteiger partial charge in [0.1, 0.15) is 6.10 Å². The molecule has 0 radical (unpaired) electrons. The SMILES string of the molecule is C[C@@H](O)C(=O)NCC1CCCC1O. The van der Waals surface area contributed by atoms with Gasteiger partial charge in [0.2, 0.25) is 5.91 Å². The van der Waals surface area contributed by atoms with Gasteiger partial charge in [-0.25, -0.2) is 0 Å². The first-order chi connectivity index (χ1) is 6.11. The molecule has 1 aliphatic rings. The lowest BCUT2D eigenvalue weighted by atomic mass is 10.1. The second-order valence-electron chi connectivity index (χ2n) is 3.68. The molecule has 0 spiro atoms. The lowest BCUT2D eigenvalue weighted by Gasteiger charge is -2.15. The molecule has 76 valence electrons. The van der Waals surface area contributed by atoms with Crippen LogP contribution in [0.15, 0.2) is 0 Å². The Hall–Kier alpha value is -0.610. The Balaban J connectivity index is 2.22. The van der Waals surface area contributed by atoms with Gasteiger partial charge in [-0.05, 0) is 19.8 Å². The second kappa shape index (κ2) is 4.58.